The van der Waals surface area contributed by atoms with E-state index in [-0.39, 0.29) is 18.8 Å². The predicted octanol–water partition coefficient (Wildman–Crippen LogP) is 3.17. The molecule has 0 radical (unpaired) electrons. The molecule has 0 aliphatic carbocycles. The largest absolute Gasteiger partial charge is 0.502 e. The summed E-state index contributed by atoms with van der Waals surface area (Å²) >= 11 is 0. The minimum Gasteiger partial charge on any atom is -0.502 e. The third-order valence-electron chi connectivity index (χ3n) is 6.94. The first-order valence-electron chi connectivity index (χ1n) is 12.9. The average Bonchev–Trinajstić information content (AvgIpc) is 2.99. The summed E-state index contributed by atoms with van der Waals surface area (Å²) in [5, 5.41) is 10.8. The van der Waals surface area contributed by atoms with Crippen molar-refractivity contribution in [2.45, 2.75) is 31.8 Å². The summed E-state index contributed by atoms with van der Waals surface area (Å²) in [7, 11) is 5.69. The van der Waals surface area contributed by atoms with Crippen LogP contribution in [-0.4, -0.2) is 63.5 Å². The first-order valence-corrected chi connectivity index (χ1v) is 12.9. The first kappa shape index (κ1) is 29.5. The van der Waals surface area contributed by atoms with E-state index in [1.54, 1.807) is 38.5 Å². The van der Waals surface area contributed by atoms with E-state index in [4.69, 9.17) is 23.4 Å². The quantitative estimate of drug-likeness (QED) is 0.343. The minimum atomic E-state index is -0.865. The molecule has 1 atom stereocenters. The second-order valence-electron chi connectivity index (χ2n) is 9.50. The SMILES string of the molecule is COC(=O)COc1cccc(C(CC(=O)OC)c2oc(CN3CCc4cc(OC)c(OC)cc4C3)cc(=O)c2O)c1. The van der Waals surface area contributed by atoms with Crippen molar-refractivity contribution in [2.24, 2.45) is 0 Å². The number of hydrogen-bond acceptors (Lipinski definition) is 11. The molecule has 2 aromatic carbocycles. The van der Waals surface area contributed by atoms with Gasteiger partial charge in [-0.15, -0.1) is 0 Å². The molecule has 4 rings (SSSR count). The van der Waals surface area contributed by atoms with Gasteiger partial charge in [0, 0.05) is 19.2 Å². The van der Waals surface area contributed by atoms with Crippen LogP contribution in [0.15, 0.2) is 51.7 Å². The number of esters is 2. The maximum atomic E-state index is 12.9. The number of nitrogens with zero attached hydrogens (tertiary/aromatic N) is 1. The summed E-state index contributed by atoms with van der Waals surface area (Å²) in [6.07, 6.45) is 0.545. The van der Waals surface area contributed by atoms with Gasteiger partial charge in [-0.05, 0) is 47.4 Å². The van der Waals surface area contributed by atoms with Crippen LogP contribution in [-0.2, 0) is 38.6 Å². The summed E-state index contributed by atoms with van der Waals surface area (Å²) in [5.41, 5.74) is 2.11. The number of methoxy groups -OCH3 is 4. The Labute approximate surface area is 237 Å². The van der Waals surface area contributed by atoms with Crippen molar-refractivity contribution in [3.63, 3.8) is 0 Å². The number of rotatable bonds is 11. The maximum absolute atomic E-state index is 12.9. The van der Waals surface area contributed by atoms with E-state index < -0.39 is 29.0 Å². The lowest BCUT2D eigenvalue weighted by atomic mass is 9.92. The zero-order valence-electron chi connectivity index (χ0n) is 23.4. The van der Waals surface area contributed by atoms with Crippen LogP contribution in [0.4, 0.5) is 0 Å². The van der Waals surface area contributed by atoms with Gasteiger partial charge >= 0.3 is 11.9 Å². The van der Waals surface area contributed by atoms with E-state index in [1.807, 2.05) is 12.1 Å². The Balaban J connectivity index is 1.63. The normalized spacial score (nSPS) is 13.6. The Kier molecular flexibility index (Phi) is 9.51. The molecular weight excluding hydrogens is 534 g/mol. The van der Waals surface area contributed by atoms with Gasteiger partial charge in [-0.3, -0.25) is 14.5 Å². The van der Waals surface area contributed by atoms with Gasteiger partial charge in [0.2, 0.25) is 11.2 Å². The van der Waals surface area contributed by atoms with Crippen LogP contribution in [0.25, 0.3) is 0 Å². The summed E-state index contributed by atoms with van der Waals surface area (Å²) < 4.78 is 32.0. The molecule has 1 aliphatic rings. The van der Waals surface area contributed by atoms with E-state index in [0.29, 0.717) is 48.2 Å². The number of hydrogen-bond donors (Lipinski definition) is 1. The second kappa shape index (κ2) is 13.2. The molecule has 0 saturated carbocycles. The molecule has 1 aliphatic heterocycles. The summed E-state index contributed by atoms with van der Waals surface area (Å²) in [6, 6.07) is 11.8. The van der Waals surface area contributed by atoms with Crippen LogP contribution in [0.1, 0.15) is 40.5 Å². The van der Waals surface area contributed by atoms with E-state index >= 15 is 0 Å². The Morgan fingerprint density at radius 2 is 1.68 bits per heavy atom. The Bertz CT molecular complexity index is 1460. The minimum absolute atomic E-state index is 0.0631. The molecule has 1 N–H and O–H groups in total. The molecule has 218 valence electrons. The molecule has 0 amide bonds. The van der Waals surface area contributed by atoms with Gasteiger partial charge in [0.1, 0.15) is 11.5 Å². The lowest BCUT2D eigenvalue weighted by molar-refractivity contribution is -0.143. The van der Waals surface area contributed by atoms with Gasteiger partial charge in [-0.25, -0.2) is 4.79 Å². The van der Waals surface area contributed by atoms with Crippen LogP contribution < -0.4 is 19.6 Å². The highest BCUT2D eigenvalue weighted by atomic mass is 16.6. The van der Waals surface area contributed by atoms with E-state index in [1.165, 1.54) is 20.3 Å². The van der Waals surface area contributed by atoms with E-state index in [2.05, 4.69) is 9.64 Å². The Hall–Kier alpha value is -4.51. The van der Waals surface area contributed by atoms with Crippen molar-refractivity contribution in [3.8, 4) is 23.0 Å². The number of carbonyl (C=O) groups excluding carboxylic acids is 2. The van der Waals surface area contributed by atoms with E-state index in [0.717, 1.165) is 17.5 Å². The zero-order chi connectivity index (χ0) is 29.5. The van der Waals surface area contributed by atoms with Gasteiger partial charge in [-0.2, -0.15) is 0 Å². The predicted molar refractivity (Wildman–Crippen MR) is 146 cm³/mol. The summed E-state index contributed by atoms with van der Waals surface area (Å²) in [5.74, 6) is -0.678. The van der Waals surface area contributed by atoms with Crippen molar-refractivity contribution in [3.05, 3.63) is 80.9 Å². The third kappa shape index (κ3) is 6.98. The molecule has 3 aromatic rings. The topological polar surface area (TPSA) is 134 Å². The molecular formula is C30H33NO10. The fourth-order valence-corrected chi connectivity index (χ4v) is 4.80. The molecule has 0 fully saturated rings. The van der Waals surface area contributed by atoms with Crippen molar-refractivity contribution < 1.29 is 42.8 Å². The van der Waals surface area contributed by atoms with Crippen molar-refractivity contribution in [2.75, 3.05) is 41.6 Å². The van der Waals surface area contributed by atoms with Crippen LogP contribution in [0.5, 0.6) is 23.0 Å². The monoisotopic (exact) mass is 567 g/mol. The number of fused-ring (bicyclic) bond motifs is 1. The van der Waals surface area contributed by atoms with Gasteiger partial charge < -0.3 is 33.2 Å². The summed E-state index contributed by atoms with van der Waals surface area (Å²) in [4.78, 5) is 38.9. The van der Waals surface area contributed by atoms with Crippen molar-refractivity contribution in [1.82, 2.24) is 4.90 Å². The fraction of sp³-hybridized carbons (Fsp3) is 0.367. The highest BCUT2D eigenvalue weighted by molar-refractivity contribution is 5.72. The smallest absolute Gasteiger partial charge is 0.343 e. The number of ether oxygens (including phenoxy) is 5. The van der Waals surface area contributed by atoms with Gasteiger partial charge in [-0.1, -0.05) is 12.1 Å². The lowest BCUT2D eigenvalue weighted by Crippen LogP contribution is -2.30. The second-order valence-corrected chi connectivity index (χ2v) is 9.50. The highest BCUT2D eigenvalue weighted by Crippen LogP contribution is 2.36. The van der Waals surface area contributed by atoms with Gasteiger partial charge in [0.15, 0.2) is 23.9 Å². The number of benzene rings is 2. The van der Waals surface area contributed by atoms with Crippen LogP contribution in [0.3, 0.4) is 0 Å². The Morgan fingerprint density at radius 1 is 0.976 bits per heavy atom. The molecule has 0 bridgehead atoms. The highest BCUT2D eigenvalue weighted by Gasteiger charge is 2.28. The average molecular weight is 568 g/mol. The van der Waals surface area contributed by atoms with Crippen LogP contribution in [0, 0.1) is 0 Å². The molecule has 2 heterocycles. The number of aromatic hydroxyl groups is 1. The molecule has 11 heteroatoms. The third-order valence-corrected chi connectivity index (χ3v) is 6.94. The molecule has 0 spiro atoms. The van der Waals surface area contributed by atoms with Crippen molar-refractivity contribution >= 4 is 11.9 Å². The van der Waals surface area contributed by atoms with E-state index in [9.17, 15) is 19.5 Å². The molecule has 11 nitrogen and oxygen atoms in total. The van der Waals surface area contributed by atoms with Gasteiger partial charge in [0.25, 0.3) is 0 Å². The fourth-order valence-electron chi connectivity index (χ4n) is 4.80. The van der Waals surface area contributed by atoms with Crippen LogP contribution in [0.2, 0.25) is 0 Å². The van der Waals surface area contributed by atoms with Crippen LogP contribution >= 0.6 is 0 Å². The standard InChI is InChI=1S/C30H33NO10/c1-36-25-11-18-8-9-31(15-20(18)12-26(25)37-2)16-22-13-24(32)29(35)30(41-22)23(14-27(33)38-3)19-6-5-7-21(10-19)40-17-28(34)39-4/h5-7,10-13,23,35H,8-9,14-17H2,1-4H3. The summed E-state index contributed by atoms with van der Waals surface area (Å²) in [6.45, 7) is 1.27. The zero-order valence-corrected chi connectivity index (χ0v) is 23.4. The molecule has 0 saturated heterocycles. The first-order chi connectivity index (χ1) is 19.8. The number of carbonyl (C=O) groups is 2. The molecule has 41 heavy (non-hydrogen) atoms. The maximum Gasteiger partial charge on any atom is 0.343 e. The molecule has 1 aromatic heterocycles. The van der Waals surface area contributed by atoms with Crippen molar-refractivity contribution in [1.29, 1.82) is 0 Å². The molecule has 1 unspecified atom stereocenters. The Morgan fingerprint density at radius 3 is 2.37 bits per heavy atom. The lowest BCUT2D eigenvalue weighted by Gasteiger charge is -2.29. The van der Waals surface area contributed by atoms with Gasteiger partial charge in [0.05, 0.1) is 47.3 Å².